The van der Waals surface area contributed by atoms with E-state index in [1.807, 2.05) is 24.3 Å². The summed E-state index contributed by atoms with van der Waals surface area (Å²) in [6, 6.07) is 12.2. The zero-order valence-electron chi connectivity index (χ0n) is 12.2. The van der Waals surface area contributed by atoms with Crippen LogP contribution in [-0.4, -0.2) is 19.6 Å². The van der Waals surface area contributed by atoms with Gasteiger partial charge in [-0.15, -0.1) is 0 Å². The maximum absolute atomic E-state index is 5.93. The molecular weight excluding hydrogens is 349 g/mol. The molecule has 1 atom stereocenters. The topological polar surface area (TPSA) is 21.6 Å². The van der Waals surface area contributed by atoms with Gasteiger partial charge in [0.1, 0.15) is 0 Å². The molecule has 0 radical (unpaired) electrons. The number of hydrogen-bond acceptors (Lipinski definition) is 2. The third-order valence-electron chi connectivity index (χ3n) is 3.48. The van der Waals surface area contributed by atoms with E-state index in [-0.39, 0.29) is 20.0 Å². The Hall–Kier alpha value is -1.28. The molecule has 2 aromatic carbocycles. The fourth-order valence-electron chi connectivity index (χ4n) is 2.61. The van der Waals surface area contributed by atoms with E-state index in [2.05, 4.69) is 38.1 Å². The van der Waals surface area contributed by atoms with Crippen LogP contribution in [0.25, 0.3) is 0 Å². The van der Waals surface area contributed by atoms with Gasteiger partial charge in [0.05, 0.1) is 0 Å². The van der Waals surface area contributed by atoms with Gasteiger partial charge in [-0.25, -0.2) is 0 Å². The zero-order chi connectivity index (χ0) is 15.0. The molecule has 1 heterocycles. The van der Waals surface area contributed by atoms with Gasteiger partial charge in [-0.3, -0.25) is 0 Å². The first kappa shape index (κ1) is 14.6. The average molecular weight is 365 g/mol. The van der Waals surface area contributed by atoms with Gasteiger partial charge in [-0.05, 0) is 0 Å². The second-order valence-electron chi connectivity index (χ2n) is 5.28. The van der Waals surface area contributed by atoms with Crippen molar-refractivity contribution >= 4 is 31.2 Å². The van der Waals surface area contributed by atoms with Crippen molar-refractivity contribution in [1.82, 2.24) is 0 Å². The molecule has 1 aliphatic rings. The molecule has 0 fully saturated rings. The Bertz CT molecular complexity index is 686. The molecule has 1 aliphatic heterocycles. The van der Waals surface area contributed by atoms with Crippen molar-refractivity contribution in [3.8, 4) is 0 Å². The summed E-state index contributed by atoms with van der Waals surface area (Å²) in [5.41, 5.74) is 6.22. The SMILES string of the molecule is Cc1cc(C)c(C2=NOC(c3ccc(Cl)cc3)[Se]2)c(C)c1. The Morgan fingerprint density at radius 2 is 1.67 bits per heavy atom. The second-order valence-corrected chi connectivity index (χ2v) is 7.92. The van der Waals surface area contributed by atoms with Gasteiger partial charge in [-0.2, -0.15) is 0 Å². The normalized spacial score (nSPS) is 17.5. The number of oxime groups is 1. The van der Waals surface area contributed by atoms with Crippen LogP contribution in [-0.2, 0) is 4.84 Å². The van der Waals surface area contributed by atoms with Gasteiger partial charge >= 0.3 is 136 Å². The van der Waals surface area contributed by atoms with E-state index < -0.39 is 0 Å². The third kappa shape index (κ3) is 3.01. The van der Waals surface area contributed by atoms with Crippen LogP contribution in [0.3, 0.4) is 0 Å². The molecule has 0 saturated heterocycles. The van der Waals surface area contributed by atoms with E-state index in [0.29, 0.717) is 0 Å². The predicted octanol–water partition coefficient (Wildman–Crippen LogP) is 4.36. The first-order chi connectivity index (χ1) is 10.0. The summed E-state index contributed by atoms with van der Waals surface area (Å²) >= 11 is 6.10. The molecule has 21 heavy (non-hydrogen) atoms. The molecule has 3 rings (SSSR count). The van der Waals surface area contributed by atoms with Crippen LogP contribution in [0, 0.1) is 20.8 Å². The van der Waals surface area contributed by atoms with Crippen LogP contribution >= 0.6 is 11.6 Å². The van der Waals surface area contributed by atoms with E-state index >= 15 is 0 Å². The van der Waals surface area contributed by atoms with Crippen LogP contribution in [0.1, 0.15) is 32.8 Å². The van der Waals surface area contributed by atoms with Crippen LogP contribution < -0.4 is 0 Å². The van der Waals surface area contributed by atoms with Crippen molar-refractivity contribution in [2.75, 3.05) is 0 Å². The molecule has 1 unspecified atom stereocenters. The van der Waals surface area contributed by atoms with Gasteiger partial charge in [0.15, 0.2) is 0 Å². The zero-order valence-corrected chi connectivity index (χ0v) is 14.7. The van der Waals surface area contributed by atoms with Crippen molar-refractivity contribution in [3.05, 3.63) is 69.2 Å². The molecule has 4 heteroatoms. The fraction of sp³-hybridized carbons (Fsp3) is 0.235. The van der Waals surface area contributed by atoms with Crippen molar-refractivity contribution in [2.24, 2.45) is 5.16 Å². The fourth-order valence-corrected chi connectivity index (χ4v) is 5.06. The van der Waals surface area contributed by atoms with Crippen LogP contribution in [0.4, 0.5) is 0 Å². The Morgan fingerprint density at radius 3 is 2.29 bits per heavy atom. The molecule has 0 amide bonds. The van der Waals surface area contributed by atoms with E-state index in [1.165, 1.54) is 22.3 Å². The second kappa shape index (κ2) is 5.84. The minimum atomic E-state index is 0.0462. The average Bonchev–Trinajstić information content (AvgIpc) is 2.87. The van der Waals surface area contributed by atoms with Crippen LogP contribution in [0.15, 0.2) is 41.6 Å². The predicted molar refractivity (Wildman–Crippen MR) is 88.2 cm³/mol. The summed E-state index contributed by atoms with van der Waals surface area (Å²) in [5, 5.41) is 5.14. The Kier molecular flexibility index (Phi) is 4.07. The standard InChI is InChI=1S/C17H16ClNOSe/c1-10-8-11(2)15(12(3)9-10)16-19-20-17(21-16)13-4-6-14(18)7-5-13/h4-9,17H,1-3H3. The Morgan fingerprint density at radius 1 is 1.05 bits per heavy atom. The van der Waals surface area contributed by atoms with Crippen molar-refractivity contribution in [3.63, 3.8) is 0 Å². The number of aryl methyl sites for hydroxylation is 3. The molecule has 0 aliphatic carbocycles. The maximum atomic E-state index is 5.93. The summed E-state index contributed by atoms with van der Waals surface area (Å²) in [6.07, 6.45) is 0. The van der Waals surface area contributed by atoms with E-state index in [0.717, 1.165) is 15.2 Å². The quantitative estimate of drug-likeness (QED) is 0.726. The van der Waals surface area contributed by atoms with Crippen LogP contribution in [0.2, 0.25) is 5.02 Å². The third-order valence-corrected chi connectivity index (χ3v) is 5.99. The molecule has 2 aromatic rings. The van der Waals surface area contributed by atoms with Crippen molar-refractivity contribution in [1.29, 1.82) is 0 Å². The van der Waals surface area contributed by atoms with Gasteiger partial charge in [-0.1, -0.05) is 0 Å². The molecule has 0 N–H and O–H groups in total. The van der Waals surface area contributed by atoms with Crippen LogP contribution in [0.5, 0.6) is 0 Å². The summed E-state index contributed by atoms with van der Waals surface area (Å²) in [5.74, 6) is 0. The van der Waals surface area contributed by atoms with Gasteiger partial charge < -0.3 is 0 Å². The number of nitrogens with zero attached hydrogens (tertiary/aromatic N) is 1. The molecule has 0 aromatic heterocycles. The number of benzene rings is 2. The molecule has 0 saturated carbocycles. The first-order valence-electron chi connectivity index (χ1n) is 6.79. The number of rotatable bonds is 2. The monoisotopic (exact) mass is 365 g/mol. The molecule has 2 nitrogen and oxygen atoms in total. The van der Waals surface area contributed by atoms with E-state index in [9.17, 15) is 0 Å². The van der Waals surface area contributed by atoms with Gasteiger partial charge in [0.25, 0.3) is 0 Å². The summed E-state index contributed by atoms with van der Waals surface area (Å²) in [7, 11) is 0. The van der Waals surface area contributed by atoms with E-state index in [1.54, 1.807) is 0 Å². The van der Waals surface area contributed by atoms with Gasteiger partial charge in [0.2, 0.25) is 0 Å². The minimum absolute atomic E-state index is 0.0462. The molecule has 0 bridgehead atoms. The molecule has 108 valence electrons. The van der Waals surface area contributed by atoms with Crippen molar-refractivity contribution < 1.29 is 4.84 Å². The molecular formula is C17H16ClNOSe. The van der Waals surface area contributed by atoms with E-state index in [4.69, 9.17) is 16.4 Å². The summed E-state index contributed by atoms with van der Waals surface area (Å²) in [6.45, 7) is 6.41. The Labute approximate surface area is 136 Å². The molecule has 0 spiro atoms. The summed E-state index contributed by atoms with van der Waals surface area (Å²) in [4.78, 5) is 5.66. The number of halogens is 1. The Balaban J connectivity index is 1.86. The number of hydrogen-bond donors (Lipinski definition) is 0. The van der Waals surface area contributed by atoms with Gasteiger partial charge in [0, 0.05) is 0 Å². The van der Waals surface area contributed by atoms with Crippen molar-refractivity contribution in [2.45, 2.75) is 25.8 Å². The summed E-state index contributed by atoms with van der Waals surface area (Å²) < 4.78 is 1.09. The first-order valence-corrected chi connectivity index (χ1v) is 9.01.